The van der Waals surface area contributed by atoms with E-state index < -0.39 is 102 Å². The van der Waals surface area contributed by atoms with Crippen molar-refractivity contribution in [3.05, 3.63) is 0 Å². The van der Waals surface area contributed by atoms with Crippen molar-refractivity contribution >= 4 is 11.7 Å². The number of likely N-dealkylation sites (N-methyl/N-ethyl adjacent to an activating group) is 1. The Bertz CT molecular complexity index is 1440. The fourth-order valence-electron chi connectivity index (χ4n) is 10.00. The maximum Gasteiger partial charge on any atom is 0.311 e. The number of aliphatic hydroxyl groups is 3. The highest BCUT2D eigenvalue weighted by atomic mass is 16.7. The van der Waals surface area contributed by atoms with Crippen LogP contribution >= 0.6 is 0 Å². The Labute approximate surface area is 390 Å². The van der Waals surface area contributed by atoms with Gasteiger partial charge in [-0.15, -0.1) is 0 Å². The molecular weight excluding hydrogens is 847 g/mol. The summed E-state index contributed by atoms with van der Waals surface area (Å²) in [6.07, 6.45) is -6.60. The number of oxime groups is 1. The van der Waals surface area contributed by atoms with Crippen LogP contribution < -0.4 is 0 Å². The van der Waals surface area contributed by atoms with E-state index >= 15 is 0 Å². The van der Waals surface area contributed by atoms with E-state index in [4.69, 9.17) is 52.2 Å². The molecule has 0 saturated carbocycles. The number of cyclic esters (lactones) is 1. The second-order valence-electron chi connectivity index (χ2n) is 19.9. The first kappa shape index (κ1) is 57.7. The standard InChI is InChI=1S/C47H89N3O15/c1-18-35-47(10,54)40(52)30(4)37(48-60-27-58-23-22-55-15)28(2)25-45(8,56-16)41(65-44-38(51)34(50(13)14)24-29(3)61-44)31(5)39(32(6)43(53)63-35)64-36-26-46(9,57-17)42(33(7)62-36)59-21-19-20-49(11)12/h28-36,38-42,44,51-52,54H,18-27H2,1-17H3/t28-,29?,30+,31+,32-,33?,34?,35-,36?,38?,39+,40-,41-,42?,44?,45-,46?,47-/m1/s1. The first-order chi connectivity index (χ1) is 30.4. The van der Waals surface area contributed by atoms with Gasteiger partial charge in [-0.1, -0.05) is 32.9 Å². The summed E-state index contributed by atoms with van der Waals surface area (Å²) in [5.41, 5.74) is -3.57. The van der Waals surface area contributed by atoms with Crippen LogP contribution in [0.4, 0.5) is 0 Å². The molecule has 3 aliphatic rings. The third-order valence-corrected chi connectivity index (χ3v) is 14.0. The quantitative estimate of drug-likeness (QED) is 0.0731. The summed E-state index contributed by atoms with van der Waals surface area (Å²) >= 11 is 0. The number of carbonyl (C=O) groups is 1. The molecule has 0 aromatic carbocycles. The van der Waals surface area contributed by atoms with E-state index in [0.29, 0.717) is 25.3 Å². The fourth-order valence-corrected chi connectivity index (χ4v) is 10.00. The molecule has 18 nitrogen and oxygen atoms in total. The average Bonchev–Trinajstić information content (AvgIpc) is 3.24. The number of rotatable bonds is 19. The van der Waals surface area contributed by atoms with Crippen molar-refractivity contribution in [3.8, 4) is 0 Å². The van der Waals surface area contributed by atoms with Crippen molar-refractivity contribution in [2.75, 3.05) is 82.7 Å². The average molecular weight is 936 g/mol. The Morgan fingerprint density at radius 2 is 1.49 bits per heavy atom. The number of ether oxygens (including phenoxy) is 10. The van der Waals surface area contributed by atoms with Crippen LogP contribution in [0, 0.1) is 23.7 Å². The second-order valence-corrected chi connectivity index (χ2v) is 19.9. The van der Waals surface area contributed by atoms with Gasteiger partial charge < -0.3 is 77.3 Å². The Hall–Kier alpha value is -1.62. The molecule has 0 aromatic heterocycles. The van der Waals surface area contributed by atoms with Gasteiger partial charge in [-0.2, -0.15) is 0 Å². The fraction of sp³-hybridized carbons (Fsp3) is 0.957. The lowest BCUT2D eigenvalue weighted by Gasteiger charge is -2.50. The van der Waals surface area contributed by atoms with Crippen LogP contribution in [0.2, 0.25) is 0 Å². The maximum atomic E-state index is 14.6. The van der Waals surface area contributed by atoms with Gasteiger partial charge in [0.2, 0.25) is 6.79 Å². The predicted molar refractivity (Wildman–Crippen MR) is 244 cm³/mol. The molecule has 382 valence electrons. The van der Waals surface area contributed by atoms with Crippen LogP contribution in [0.5, 0.6) is 0 Å². The van der Waals surface area contributed by atoms with Crippen molar-refractivity contribution in [2.24, 2.45) is 28.8 Å². The molecular formula is C47H89N3O15. The summed E-state index contributed by atoms with van der Waals surface area (Å²) in [6.45, 7) is 20.1. The molecule has 8 unspecified atom stereocenters. The van der Waals surface area contributed by atoms with E-state index in [9.17, 15) is 20.1 Å². The van der Waals surface area contributed by atoms with Crippen LogP contribution in [0.3, 0.4) is 0 Å². The van der Waals surface area contributed by atoms with Crippen molar-refractivity contribution in [3.63, 3.8) is 0 Å². The molecule has 3 rings (SSSR count). The largest absolute Gasteiger partial charge is 0.459 e. The second kappa shape index (κ2) is 25.8. The highest BCUT2D eigenvalue weighted by Gasteiger charge is 2.54. The Morgan fingerprint density at radius 1 is 0.846 bits per heavy atom. The van der Waals surface area contributed by atoms with Crippen molar-refractivity contribution < 1.29 is 72.3 Å². The summed E-state index contributed by atoms with van der Waals surface area (Å²) in [4.78, 5) is 24.4. The molecule has 0 aromatic rings. The molecule has 3 aliphatic heterocycles. The van der Waals surface area contributed by atoms with Gasteiger partial charge in [0, 0.05) is 58.2 Å². The molecule has 18 atom stereocenters. The van der Waals surface area contributed by atoms with Gasteiger partial charge >= 0.3 is 5.97 Å². The lowest BCUT2D eigenvalue weighted by atomic mass is 9.73. The van der Waals surface area contributed by atoms with Crippen molar-refractivity contribution in [1.82, 2.24) is 9.80 Å². The van der Waals surface area contributed by atoms with E-state index in [1.807, 2.05) is 74.6 Å². The van der Waals surface area contributed by atoms with Gasteiger partial charge in [0.1, 0.15) is 23.9 Å². The zero-order chi connectivity index (χ0) is 49.0. The van der Waals surface area contributed by atoms with Gasteiger partial charge in [0.15, 0.2) is 12.6 Å². The van der Waals surface area contributed by atoms with Crippen LogP contribution in [-0.4, -0.2) is 204 Å². The molecule has 3 N–H and O–H groups in total. The molecule has 3 saturated heterocycles. The monoisotopic (exact) mass is 936 g/mol. The smallest absolute Gasteiger partial charge is 0.311 e. The van der Waals surface area contributed by atoms with Crippen molar-refractivity contribution in [1.29, 1.82) is 0 Å². The lowest BCUT2D eigenvalue weighted by molar-refractivity contribution is -0.322. The minimum atomic E-state index is -1.93. The number of carbonyl (C=O) groups excluding carboxylic acids is 1. The number of aliphatic hydroxyl groups excluding tert-OH is 2. The lowest BCUT2D eigenvalue weighted by Crippen LogP contribution is -2.61. The van der Waals surface area contributed by atoms with Gasteiger partial charge in [-0.3, -0.25) is 4.79 Å². The minimum absolute atomic E-state index is 0.184. The maximum absolute atomic E-state index is 14.6. The molecule has 18 heteroatoms. The zero-order valence-electron chi connectivity index (χ0n) is 42.8. The predicted octanol–water partition coefficient (Wildman–Crippen LogP) is 3.84. The molecule has 0 spiro atoms. The van der Waals surface area contributed by atoms with E-state index in [2.05, 4.69) is 10.1 Å². The molecule has 0 bridgehead atoms. The molecule has 3 fully saturated rings. The molecule has 65 heavy (non-hydrogen) atoms. The summed E-state index contributed by atoms with van der Waals surface area (Å²) in [6, 6.07) is -0.281. The van der Waals surface area contributed by atoms with Crippen molar-refractivity contribution in [2.45, 2.75) is 186 Å². The summed E-state index contributed by atoms with van der Waals surface area (Å²) in [5.74, 6) is -3.64. The third-order valence-electron chi connectivity index (χ3n) is 14.0. The number of esters is 1. The van der Waals surface area contributed by atoms with Gasteiger partial charge in [0.05, 0.1) is 66.6 Å². The Morgan fingerprint density at radius 3 is 2.08 bits per heavy atom. The van der Waals surface area contributed by atoms with Gasteiger partial charge in [-0.05, 0) is 102 Å². The van der Waals surface area contributed by atoms with E-state index in [1.165, 1.54) is 6.92 Å². The van der Waals surface area contributed by atoms with Crippen LogP contribution in [-0.2, 0) is 57.0 Å². The molecule has 0 radical (unpaired) electrons. The van der Waals surface area contributed by atoms with Gasteiger partial charge in [-0.25, -0.2) is 0 Å². The number of hydrogen-bond donors (Lipinski definition) is 3. The SMILES string of the molecule is CC[C@H]1OC(=O)[C@H](C)[C@@H](OC2CC(C)(OC)C(OCCCN(C)C)C(C)O2)[C@H](C)[C@@H](OC2OC(C)CC(N(C)C)C2O)[C@](C)(OC)C[C@@H](C)C(=NOCOCCOC)[C@H](C)[C@@H](O)[C@]1(C)O. The van der Waals surface area contributed by atoms with Crippen LogP contribution in [0.25, 0.3) is 0 Å². The normalized spacial score (nSPS) is 42.3. The summed E-state index contributed by atoms with van der Waals surface area (Å²) in [7, 11) is 12.7. The molecule has 0 amide bonds. The topological polar surface area (TPSA) is 198 Å². The highest BCUT2D eigenvalue weighted by Crippen LogP contribution is 2.42. The molecule has 0 aliphatic carbocycles. The summed E-state index contributed by atoms with van der Waals surface area (Å²) in [5, 5.41) is 40.5. The number of hydrogen-bond acceptors (Lipinski definition) is 18. The number of methoxy groups -OCH3 is 3. The molecule has 3 heterocycles. The van der Waals surface area contributed by atoms with Gasteiger partial charge in [0.25, 0.3) is 0 Å². The first-order valence-electron chi connectivity index (χ1n) is 23.6. The van der Waals surface area contributed by atoms with Crippen LogP contribution in [0.15, 0.2) is 5.16 Å². The number of nitrogens with zero attached hydrogens (tertiary/aromatic N) is 3. The van der Waals surface area contributed by atoms with E-state index in [-0.39, 0.29) is 44.8 Å². The van der Waals surface area contributed by atoms with E-state index in [0.717, 1.165) is 13.0 Å². The Kier molecular flexibility index (Phi) is 22.9. The minimum Gasteiger partial charge on any atom is -0.459 e. The van der Waals surface area contributed by atoms with E-state index in [1.54, 1.807) is 42.1 Å². The van der Waals surface area contributed by atoms with Crippen LogP contribution in [0.1, 0.15) is 101 Å². The Balaban J connectivity index is 2.23. The summed E-state index contributed by atoms with van der Waals surface area (Å²) < 4.78 is 63.0. The first-order valence-corrected chi connectivity index (χ1v) is 23.6. The zero-order valence-corrected chi connectivity index (χ0v) is 42.8. The highest BCUT2D eigenvalue weighted by molar-refractivity contribution is 5.88. The third kappa shape index (κ3) is 14.9.